The number of para-hydroxylation sites is 1. The van der Waals surface area contributed by atoms with E-state index in [9.17, 15) is 13.2 Å². The molecular weight excluding hydrogens is 324 g/mol. The fourth-order valence-corrected chi connectivity index (χ4v) is 5.51. The highest BCUT2D eigenvalue weighted by Crippen LogP contribution is 2.22. The number of hydrogen-bond acceptors (Lipinski definition) is 3. The zero-order valence-corrected chi connectivity index (χ0v) is 15.0. The Balaban J connectivity index is 1.67. The van der Waals surface area contributed by atoms with Gasteiger partial charge in [-0.25, -0.2) is 8.42 Å². The number of likely N-dealkylation sites (tertiary alicyclic amines) is 1. The van der Waals surface area contributed by atoms with Gasteiger partial charge in [0.25, 0.3) is 5.91 Å². The molecule has 0 spiro atoms. The third-order valence-electron chi connectivity index (χ3n) is 4.56. The Hall–Kier alpha value is -1.82. The van der Waals surface area contributed by atoms with Gasteiger partial charge in [0.05, 0.1) is 11.0 Å². The van der Waals surface area contributed by atoms with Gasteiger partial charge in [0.15, 0.2) is 9.84 Å². The van der Waals surface area contributed by atoms with E-state index in [4.69, 9.17) is 0 Å². The molecule has 1 aliphatic heterocycles. The largest absolute Gasteiger partial charge is 0.351 e. The van der Waals surface area contributed by atoms with Crippen LogP contribution in [-0.4, -0.2) is 48.3 Å². The number of carbonyl (C=O) groups excluding carboxylic acids is 1. The van der Waals surface area contributed by atoms with Crippen LogP contribution >= 0.6 is 0 Å². The molecule has 1 N–H and O–H groups in total. The highest BCUT2D eigenvalue weighted by atomic mass is 32.2. The topological polar surface area (TPSA) is 70.2 Å². The first-order chi connectivity index (χ1) is 11.4. The van der Waals surface area contributed by atoms with Crippen LogP contribution in [0.4, 0.5) is 0 Å². The van der Waals surface area contributed by atoms with Gasteiger partial charge in [0.1, 0.15) is 5.69 Å². The molecule has 5 nitrogen and oxygen atoms in total. The molecule has 2 heterocycles. The fraction of sp³-hybridized carbons (Fsp3) is 0.500. The number of carbonyl (C=O) groups is 1. The van der Waals surface area contributed by atoms with Gasteiger partial charge in [-0.15, -0.1) is 0 Å². The van der Waals surface area contributed by atoms with Crippen LogP contribution in [0.15, 0.2) is 30.3 Å². The number of H-pyrrole nitrogens is 1. The molecule has 1 saturated heterocycles. The number of piperidine rings is 1. The van der Waals surface area contributed by atoms with Crippen LogP contribution in [-0.2, 0) is 9.84 Å². The maximum atomic E-state index is 12.6. The Morgan fingerprint density at radius 3 is 2.54 bits per heavy atom. The molecule has 1 fully saturated rings. The standard InChI is InChI=1S/C18H24N2O3S/c1-13(2)12-24(22,23)15-7-9-20(10-8-15)18(21)17-11-14-5-3-4-6-16(14)19-17/h3-6,11,13,15,19H,7-10,12H2,1-2H3. The van der Waals surface area contributed by atoms with E-state index < -0.39 is 9.84 Å². The van der Waals surface area contributed by atoms with Crippen molar-refractivity contribution in [3.63, 3.8) is 0 Å². The van der Waals surface area contributed by atoms with Crippen LogP contribution in [0.2, 0.25) is 0 Å². The zero-order chi connectivity index (χ0) is 17.3. The van der Waals surface area contributed by atoms with Crippen molar-refractivity contribution < 1.29 is 13.2 Å². The van der Waals surface area contributed by atoms with E-state index in [-0.39, 0.29) is 22.8 Å². The molecule has 1 aliphatic rings. The first-order valence-corrected chi connectivity index (χ1v) is 10.2. The molecule has 6 heteroatoms. The van der Waals surface area contributed by atoms with E-state index in [2.05, 4.69) is 4.98 Å². The summed E-state index contributed by atoms with van der Waals surface area (Å²) >= 11 is 0. The van der Waals surface area contributed by atoms with Crippen LogP contribution in [0.25, 0.3) is 10.9 Å². The Morgan fingerprint density at radius 1 is 1.25 bits per heavy atom. The summed E-state index contributed by atoms with van der Waals surface area (Å²) in [6.45, 7) is 4.84. The second-order valence-electron chi connectivity index (χ2n) is 6.99. The van der Waals surface area contributed by atoms with Crippen LogP contribution in [0.3, 0.4) is 0 Å². The minimum Gasteiger partial charge on any atom is -0.351 e. The second-order valence-corrected chi connectivity index (χ2v) is 9.31. The molecule has 24 heavy (non-hydrogen) atoms. The summed E-state index contributed by atoms with van der Waals surface area (Å²) in [6, 6.07) is 9.64. The van der Waals surface area contributed by atoms with Crippen molar-refractivity contribution in [1.29, 1.82) is 0 Å². The van der Waals surface area contributed by atoms with Crippen LogP contribution in [0, 0.1) is 5.92 Å². The van der Waals surface area contributed by atoms with Crippen molar-refractivity contribution in [3.05, 3.63) is 36.0 Å². The Morgan fingerprint density at radius 2 is 1.92 bits per heavy atom. The third-order valence-corrected chi connectivity index (χ3v) is 7.18. The highest BCUT2D eigenvalue weighted by Gasteiger charge is 2.32. The minimum atomic E-state index is -3.06. The van der Waals surface area contributed by atoms with E-state index >= 15 is 0 Å². The molecule has 1 aromatic heterocycles. The number of rotatable bonds is 4. The van der Waals surface area contributed by atoms with E-state index in [1.54, 1.807) is 4.90 Å². The molecule has 130 valence electrons. The third kappa shape index (κ3) is 3.48. The van der Waals surface area contributed by atoms with E-state index in [0.29, 0.717) is 31.6 Å². The van der Waals surface area contributed by atoms with Crippen molar-refractivity contribution >= 4 is 26.6 Å². The van der Waals surface area contributed by atoms with Gasteiger partial charge < -0.3 is 9.88 Å². The summed E-state index contributed by atoms with van der Waals surface area (Å²) in [4.78, 5) is 17.6. The lowest BCUT2D eigenvalue weighted by Crippen LogP contribution is -2.43. The molecule has 3 rings (SSSR count). The number of benzene rings is 1. The number of sulfone groups is 1. The number of fused-ring (bicyclic) bond motifs is 1. The van der Waals surface area contributed by atoms with Gasteiger partial charge in [0, 0.05) is 24.0 Å². The summed E-state index contributed by atoms with van der Waals surface area (Å²) < 4.78 is 24.7. The summed E-state index contributed by atoms with van der Waals surface area (Å²) in [5.41, 5.74) is 1.51. The lowest BCUT2D eigenvalue weighted by Gasteiger charge is -2.31. The SMILES string of the molecule is CC(C)CS(=O)(=O)C1CCN(C(=O)c2cc3ccccc3[nH]2)CC1. The van der Waals surface area contributed by atoms with Crippen molar-refractivity contribution in [1.82, 2.24) is 9.88 Å². The quantitative estimate of drug-likeness (QED) is 0.923. The normalized spacial score (nSPS) is 16.9. The number of nitrogens with zero attached hydrogens (tertiary/aromatic N) is 1. The van der Waals surface area contributed by atoms with Gasteiger partial charge in [-0.2, -0.15) is 0 Å². The van der Waals surface area contributed by atoms with Gasteiger partial charge in [-0.3, -0.25) is 4.79 Å². The fourth-order valence-electron chi connectivity index (χ4n) is 3.38. The van der Waals surface area contributed by atoms with Gasteiger partial charge >= 0.3 is 0 Å². The molecule has 0 bridgehead atoms. The lowest BCUT2D eigenvalue weighted by molar-refractivity contribution is 0.0720. The molecule has 1 amide bonds. The monoisotopic (exact) mass is 348 g/mol. The number of amides is 1. The molecule has 0 saturated carbocycles. The average Bonchev–Trinajstić information content (AvgIpc) is 2.97. The predicted molar refractivity (Wildman–Crippen MR) is 95.8 cm³/mol. The summed E-state index contributed by atoms with van der Waals surface area (Å²) in [6.07, 6.45) is 1.06. The first-order valence-electron chi connectivity index (χ1n) is 8.45. The number of aromatic nitrogens is 1. The molecule has 1 aromatic carbocycles. The summed E-state index contributed by atoms with van der Waals surface area (Å²) in [5.74, 6) is 0.320. The van der Waals surface area contributed by atoms with E-state index in [1.165, 1.54) is 0 Å². The molecule has 0 aliphatic carbocycles. The average molecular weight is 348 g/mol. The molecule has 0 unspecified atom stereocenters. The molecular formula is C18H24N2O3S. The maximum Gasteiger partial charge on any atom is 0.270 e. The molecule has 0 atom stereocenters. The van der Waals surface area contributed by atoms with Gasteiger partial charge in [0.2, 0.25) is 0 Å². The van der Waals surface area contributed by atoms with Gasteiger partial charge in [-0.05, 0) is 30.9 Å². The number of hydrogen-bond donors (Lipinski definition) is 1. The van der Waals surface area contributed by atoms with Crippen LogP contribution in [0.1, 0.15) is 37.2 Å². The Labute approximate surface area is 143 Å². The van der Waals surface area contributed by atoms with Crippen molar-refractivity contribution in [2.75, 3.05) is 18.8 Å². The van der Waals surface area contributed by atoms with Crippen LogP contribution in [0.5, 0.6) is 0 Å². The van der Waals surface area contributed by atoms with E-state index in [0.717, 1.165) is 10.9 Å². The Bertz CT molecular complexity index is 798. The number of aromatic amines is 1. The zero-order valence-electron chi connectivity index (χ0n) is 14.2. The maximum absolute atomic E-state index is 12.6. The number of nitrogens with one attached hydrogen (secondary N) is 1. The van der Waals surface area contributed by atoms with Crippen molar-refractivity contribution in [2.24, 2.45) is 5.92 Å². The summed E-state index contributed by atoms with van der Waals surface area (Å²) in [5, 5.41) is 0.696. The van der Waals surface area contributed by atoms with Crippen molar-refractivity contribution in [2.45, 2.75) is 31.9 Å². The minimum absolute atomic E-state index is 0.0501. The van der Waals surface area contributed by atoms with Crippen LogP contribution < -0.4 is 0 Å². The molecule has 2 aromatic rings. The molecule has 0 radical (unpaired) electrons. The smallest absolute Gasteiger partial charge is 0.270 e. The van der Waals surface area contributed by atoms with Gasteiger partial charge in [-0.1, -0.05) is 32.0 Å². The first kappa shape index (κ1) is 17.0. The highest BCUT2D eigenvalue weighted by molar-refractivity contribution is 7.92. The van der Waals surface area contributed by atoms with E-state index in [1.807, 2.05) is 44.2 Å². The predicted octanol–water partition coefficient (Wildman–Crippen LogP) is 2.84. The lowest BCUT2D eigenvalue weighted by atomic mass is 10.1. The van der Waals surface area contributed by atoms with Crippen molar-refractivity contribution in [3.8, 4) is 0 Å². The Kier molecular flexibility index (Phi) is 4.67. The second kappa shape index (κ2) is 6.59. The summed E-state index contributed by atoms with van der Waals surface area (Å²) in [7, 11) is -3.06.